The summed E-state index contributed by atoms with van der Waals surface area (Å²) in [5.74, 6) is -1.03. The fourth-order valence-corrected chi connectivity index (χ4v) is 4.13. The van der Waals surface area contributed by atoms with Crippen molar-refractivity contribution in [1.82, 2.24) is 0 Å². The molecule has 164 valence electrons. The van der Waals surface area contributed by atoms with Crippen LogP contribution < -0.4 is 0 Å². The molecule has 4 heteroatoms. The third kappa shape index (κ3) is 4.12. The van der Waals surface area contributed by atoms with Crippen LogP contribution in [0.15, 0.2) is 95.6 Å². The molecule has 2 aliphatic rings. The monoisotopic (exact) mass is 436 g/mol. The molecule has 0 saturated carbocycles. The van der Waals surface area contributed by atoms with E-state index in [1.807, 2.05) is 32.1 Å². The first kappa shape index (κ1) is 22.3. The normalized spacial score (nSPS) is 16.5. The first-order chi connectivity index (χ1) is 16.0. The van der Waals surface area contributed by atoms with Crippen molar-refractivity contribution in [3.8, 4) is 0 Å². The summed E-state index contributed by atoms with van der Waals surface area (Å²) in [6, 6.07) is 13.7. The summed E-state index contributed by atoms with van der Waals surface area (Å²) in [4.78, 5) is 50.5. The van der Waals surface area contributed by atoms with Crippen LogP contribution in [0.1, 0.15) is 68.1 Å². The van der Waals surface area contributed by atoms with Crippen molar-refractivity contribution in [1.29, 1.82) is 0 Å². The largest absolute Gasteiger partial charge is 0.288 e. The van der Waals surface area contributed by atoms with Crippen LogP contribution in [0.4, 0.5) is 0 Å². The predicted molar refractivity (Wildman–Crippen MR) is 128 cm³/mol. The van der Waals surface area contributed by atoms with Crippen molar-refractivity contribution >= 4 is 23.1 Å². The van der Waals surface area contributed by atoms with Crippen LogP contribution in [0.25, 0.3) is 0 Å². The van der Waals surface area contributed by atoms with Crippen molar-refractivity contribution in [2.75, 3.05) is 0 Å². The molecule has 0 N–H and O–H groups in total. The standard InChI is InChI=1S/C29H24O4/c1-3-18(16-24-26(30)20-12-5-6-13-21(20)27(24)31)10-9-11-19(4-2)17-25-28(32)22-14-7-8-15-23(22)29(25)33/h5-18H,3-4H2,1-2H3/b10-9+,19-11?. The van der Waals surface area contributed by atoms with E-state index in [2.05, 4.69) is 0 Å². The Balaban J connectivity index is 1.55. The minimum Gasteiger partial charge on any atom is -0.288 e. The third-order valence-electron chi connectivity index (χ3n) is 6.07. The molecule has 0 aliphatic heterocycles. The minimum absolute atomic E-state index is 0.0942. The molecular weight excluding hydrogens is 412 g/mol. The third-order valence-corrected chi connectivity index (χ3v) is 6.07. The van der Waals surface area contributed by atoms with Gasteiger partial charge in [-0.15, -0.1) is 0 Å². The second kappa shape index (κ2) is 9.29. The summed E-state index contributed by atoms with van der Waals surface area (Å²) >= 11 is 0. The quantitative estimate of drug-likeness (QED) is 0.320. The molecular formula is C29H24O4. The van der Waals surface area contributed by atoms with Gasteiger partial charge in [0.1, 0.15) is 0 Å². The highest BCUT2D eigenvalue weighted by Gasteiger charge is 2.33. The van der Waals surface area contributed by atoms with Gasteiger partial charge in [0, 0.05) is 22.3 Å². The van der Waals surface area contributed by atoms with Gasteiger partial charge in [-0.2, -0.15) is 0 Å². The number of hydrogen-bond acceptors (Lipinski definition) is 4. The molecule has 4 rings (SSSR count). The van der Waals surface area contributed by atoms with Crippen molar-refractivity contribution in [2.24, 2.45) is 5.92 Å². The van der Waals surface area contributed by atoms with Crippen LogP contribution in [0, 0.1) is 5.92 Å². The molecule has 0 bridgehead atoms. The Morgan fingerprint density at radius 3 is 1.61 bits per heavy atom. The molecule has 2 aromatic rings. The zero-order chi connectivity index (χ0) is 23.5. The molecule has 0 radical (unpaired) electrons. The molecule has 0 fully saturated rings. The second-order valence-corrected chi connectivity index (χ2v) is 8.10. The highest BCUT2D eigenvalue weighted by atomic mass is 16.2. The number of ketones is 4. The van der Waals surface area contributed by atoms with Gasteiger partial charge < -0.3 is 0 Å². The molecule has 0 heterocycles. The van der Waals surface area contributed by atoms with E-state index in [0.717, 1.165) is 12.0 Å². The molecule has 4 nitrogen and oxygen atoms in total. The summed E-state index contributed by atoms with van der Waals surface area (Å²) in [5, 5.41) is 0. The molecule has 33 heavy (non-hydrogen) atoms. The Morgan fingerprint density at radius 2 is 1.18 bits per heavy atom. The molecule has 0 aromatic heterocycles. The fraction of sp³-hybridized carbons (Fsp3) is 0.172. The van der Waals surface area contributed by atoms with Crippen molar-refractivity contribution < 1.29 is 19.2 Å². The van der Waals surface area contributed by atoms with E-state index in [-0.39, 0.29) is 40.2 Å². The van der Waals surface area contributed by atoms with Crippen molar-refractivity contribution in [3.05, 3.63) is 118 Å². The minimum atomic E-state index is -0.243. The van der Waals surface area contributed by atoms with Crippen LogP contribution in [0.2, 0.25) is 0 Å². The molecule has 2 aromatic carbocycles. The number of Topliss-reactive ketones (excluding diaryl/α,β-unsaturated/α-hetero) is 4. The number of allylic oxidation sites excluding steroid dienone is 8. The Kier molecular flexibility index (Phi) is 6.27. The Labute approximate surface area is 193 Å². The zero-order valence-electron chi connectivity index (χ0n) is 18.6. The average molecular weight is 437 g/mol. The lowest BCUT2D eigenvalue weighted by Crippen LogP contribution is -2.04. The topological polar surface area (TPSA) is 68.3 Å². The number of rotatable bonds is 6. The molecule has 1 unspecified atom stereocenters. The molecule has 0 saturated heterocycles. The van der Waals surface area contributed by atoms with Gasteiger partial charge in [0.15, 0.2) is 23.1 Å². The van der Waals surface area contributed by atoms with Crippen LogP contribution >= 0.6 is 0 Å². The Hall–Kier alpha value is -3.92. The Morgan fingerprint density at radius 1 is 0.727 bits per heavy atom. The van der Waals surface area contributed by atoms with Gasteiger partial charge in [-0.05, 0) is 30.4 Å². The highest BCUT2D eigenvalue weighted by molar-refractivity contribution is 6.40. The summed E-state index contributed by atoms with van der Waals surface area (Å²) in [5.41, 5.74) is 3.06. The van der Waals surface area contributed by atoms with Crippen LogP contribution in [0.3, 0.4) is 0 Å². The molecule has 2 aliphatic carbocycles. The average Bonchev–Trinajstić information content (AvgIpc) is 3.23. The van der Waals surface area contributed by atoms with Crippen LogP contribution in [0.5, 0.6) is 0 Å². The van der Waals surface area contributed by atoms with Gasteiger partial charge in [-0.3, -0.25) is 19.2 Å². The summed E-state index contributed by atoms with van der Waals surface area (Å²) in [6.45, 7) is 3.95. The van der Waals surface area contributed by atoms with Gasteiger partial charge in [0.05, 0.1) is 11.1 Å². The van der Waals surface area contributed by atoms with Gasteiger partial charge >= 0.3 is 0 Å². The van der Waals surface area contributed by atoms with E-state index in [4.69, 9.17) is 0 Å². The summed E-state index contributed by atoms with van der Waals surface area (Å²) < 4.78 is 0. The maximum absolute atomic E-state index is 12.6. The SMILES string of the molecule is CCC(=C/C=C/C(C=C1C(=O)c2ccccc2C1=O)CC)C=C1C(=O)c2ccccc2C1=O. The lowest BCUT2D eigenvalue weighted by atomic mass is 9.99. The second-order valence-electron chi connectivity index (χ2n) is 8.10. The van der Waals surface area contributed by atoms with E-state index in [1.54, 1.807) is 60.7 Å². The van der Waals surface area contributed by atoms with Gasteiger partial charge in [-0.1, -0.05) is 86.7 Å². The number of carbonyl (C=O) groups excluding carboxylic acids is 4. The maximum Gasteiger partial charge on any atom is 0.197 e. The highest BCUT2D eigenvalue weighted by Crippen LogP contribution is 2.29. The molecule has 0 spiro atoms. The molecule has 0 amide bonds. The smallest absolute Gasteiger partial charge is 0.197 e. The summed E-state index contributed by atoms with van der Waals surface area (Å²) in [7, 11) is 0. The van der Waals surface area contributed by atoms with Crippen molar-refractivity contribution in [3.63, 3.8) is 0 Å². The first-order valence-corrected chi connectivity index (χ1v) is 11.1. The number of fused-ring (bicyclic) bond motifs is 2. The number of hydrogen-bond donors (Lipinski definition) is 0. The van der Waals surface area contributed by atoms with E-state index >= 15 is 0 Å². The van der Waals surface area contributed by atoms with Crippen LogP contribution in [-0.4, -0.2) is 23.1 Å². The fourth-order valence-electron chi connectivity index (χ4n) is 4.13. The number of benzene rings is 2. The van der Waals surface area contributed by atoms with Gasteiger partial charge in [-0.25, -0.2) is 0 Å². The van der Waals surface area contributed by atoms with E-state index < -0.39 is 0 Å². The number of carbonyl (C=O) groups is 4. The Bertz CT molecular complexity index is 1230. The molecule has 1 atom stereocenters. The van der Waals surface area contributed by atoms with E-state index in [0.29, 0.717) is 28.7 Å². The van der Waals surface area contributed by atoms with Gasteiger partial charge in [0.2, 0.25) is 0 Å². The zero-order valence-corrected chi connectivity index (χ0v) is 18.6. The van der Waals surface area contributed by atoms with Gasteiger partial charge in [0.25, 0.3) is 0 Å². The van der Waals surface area contributed by atoms with E-state index in [1.165, 1.54) is 0 Å². The van der Waals surface area contributed by atoms with E-state index in [9.17, 15) is 19.2 Å². The maximum atomic E-state index is 12.6. The first-order valence-electron chi connectivity index (χ1n) is 11.1. The predicted octanol–water partition coefficient (Wildman–Crippen LogP) is 5.92. The summed E-state index contributed by atoms with van der Waals surface area (Å²) in [6.07, 6.45) is 10.4. The lowest BCUT2D eigenvalue weighted by Gasteiger charge is -2.05. The van der Waals surface area contributed by atoms with Crippen molar-refractivity contribution in [2.45, 2.75) is 26.7 Å². The van der Waals surface area contributed by atoms with Crippen LogP contribution in [-0.2, 0) is 0 Å². The lowest BCUT2D eigenvalue weighted by molar-refractivity contribution is 0.0972.